The molecule has 0 N–H and O–H groups in total. The predicted molar refractivity (Wildman–Crippen MR) is 70.0 cm³/mol. The lowest BCUT2D eigenvalue weighted by Gasteiger charge is -2.23. The van der Waals surface area contributed by atoms with Crippen LogP contribution in [0.1, 0.15) is 22.8 Å². The van der Waals surface area contributed by atoms with Crippen molar-refractivity contribution in [2.75, 3.05) is 0 Å². The summed E-state index contributed by atoms with van der Waals surface area (Å²) in [4.78, 5) is 0. The van der Waals surface area contributed by atoms with Crippen LogP contribution < -0.4 is 4.74 Å². The van der Waals surface area contributed by atoms with Crippen molar-refractivity contribution in [3.8, 4) is 5.75 Å². The molecular weight excluding hydrogens is 208 g/mol. The zero-order chi connectivity index (χ0) is 11.7. The van der Waals surface area contributed by atoms with E-state index in [0.29, 0.717) is 0 Å². The summed E-state index contributed by atoms with van der Waals surface area (Å²) in [6.07, 6.45) is 4.28. The largest absolute Gasteiger partial charge is 0.481 e. The molecule has 0 bridgehead atoms. The van der Waals surface area contributed by atoms with E-state index in [9.17, 15) is 0 Å². The summed E-state index contributed by atoms with van der Waals surface area (Å²) in [6, 6.07) is 16.5. The van der Waals surface area contributed by atoms with Gasteiger partial charge >= 0.3 is 0 Å². The van der Waals surface area contributed by atoms with E-state index in [2.05, 4.69) is 49.4 Å². The molecule has 1 aliphatic heterocycles. The van der Waals surface area contributed by atoms with E-state index in [1.165, 1.54) is 11.1 Å². The third kappa shape index (κ3) is 1.84. The molecule has 3 rings (SSSR count). The van der Waals surface area contributed by atoms with E-state index in [1.54, 1.807) is 0 Å². The van der Waals surface area contributed by atoms with Crippen molar-refractivity contribution in [2.24, 2.45) is 0 Å². The molecule has 1 atom stereocenters. The van der Waals surface area contributed by atoms with Gasteiger partial charge in [-0.1, -0.05) is 54.6 Å². The summed E-state index contributed by atoms with van der Waals surface area (Å²) >= 11 is 0. The highest BCUT2D eigenvalue weighted by atomic mass is 16.5. The lowest BCUT2D eigenvalue weighted by atomic mass is 10.0. The van der Waals surface area contributed by atoms with Gasteiger partial charge in [-0.25, -0.2) is 0 Å². The lowest BCUT2D eigenvalue weighted by Crippen LogP contribution is -2.09. The van der Waals surface area contributed by atoms with Crippen LogP contribution in [-0.2, 0) is 0 Å². The summed E-state index contributed by atoms with van der Waals surface area (Å²) in [5.74, 6) is 1.00. The molecule has 0 saturated carbocycles. The minimum atomic E-state index is 0.0322. The van der Waals surface area contributed by atoms with Crippen molar-refractivity contribution in [3.63, 3.8) is 0 Å². The van der Waals surface area contributed by atoms with Crippen LogP contribution >= 0.6 is 0 Å². The molecule has 0 unspecified atom stereocenters. The second-order valence-corrected chi connectivity index (χ2v) is 4.30. The Morgan fingerprint density at radius 2 is 1.76 bits per heavy atom. The van der Waals surface area contributed by atoms with E-state index >= 15 is 0 Å². The molecule has 0 saturated heterocycles. The Morgan fingerprint density at radius 3 is 2.59 bits per heavy atom. The Bertz CT molecular complexity index is 555. The van der Waals surface area contributed by atoms with Gasteiger partial charge in [-0.15, -0.1) is 0 Å². The second-order valence-electron chi connectivity index (χ2n) is 4.30. The van der Waals surface area contributed by atoms with E-state index < -0.39 is 0 Å². The van der Waals surface area contributed by atoms with Gasteiger partial charge in [-0.2, -0.15) is 0 Å². The van der Waals surface area contributed by atoms with Crippen LogP contribution in [0.3, 0.4) is 0 Å². The van der Waals surface area contributed by atoms with Gasteiger partial charge in [-0.3, -0.25) is 0 Å². The highest BCUT2D eigenvalue weighted by Gasteiger charge is 2.17. The minimum Gasteiger partial charge on any atom is -0.481 e. The maximum absolute atomic E-state index is 6.06. The Labute approximate surface area is 101 Å². The zero-order valence-corrected chi connectivity index (χ0v) is 9.76. The monoisotopic (exact) mass is 222 g/mol. The van der Waals surface area contributed by atoms with Gasteiger partial charge in [0.05, 0.1) is 0 Å². The lowest BCUT2D eigenvalue weighted by molar-refractivity contribution is 0.250. The number of fused-ring (bicyclic) bond motifs is 1. The molecule has 2 aromatic rings. The standard InChI is InChI=1S/C16H14O/c1-12-6-5-9-14-10-11-15(17-16(12)14)13-7-3-2-4-8-13/h2-11,15H,1H3/t15-/m1/s1. The first-order chi connectivity index (χ1) is 8.34. The molecule has 0 aromatic heterocycles. The molecule has 17 heavy (non-hydrogen) atoms. The van der Waals surface area contributed by atoms with Gasteiger partial charge in [0.15, 0.2) is 0 Å². The van der Waals surface area contributed by atoms with Crippen molar-refractivity contribution < 1.29 is 4.74 Å². The molecule has 84 valence electrons. The molecule has 1 heterocycles. The molecule has 1 nitrogen and oxygen atoms in total. The van der Waals surface area contributed by atoms with Crippen molar-refractivity contribution in [2.45, 2.75) is 13.0 Å². The van der Waals surface area contributed by atoms with Crippen molar-refractivity contribution in [3.05, 3.63) is 71.3 Å². The summed E-state index contributed by atoms with van der Waals surface area (Å²) in [6.45, 7) is 2.08. The summed E-state index contributed by atoms with van der Waals surface area (Å²) in [5, 5.41) is 0. The van der Waals surface area contributed by atoms with Gasteiger partial charge < -0.3 is 4.74 Å². The molecule has 2 aromatic carbocycles. The number of para-hydroxylation sites is 1. The third-order valence-corrected chi connectivity index (χ3v) is 3.07. The van der Waals surface area contributed by atoms with E-state index in [1.807, 2.05) is 18.2 Å². The van der Waals surface area contributed by atoms with Gasteiger partial charge in [0.2, 0.25) is 0 Å². The van der Waals surface area contributed by atoms with Crippen LogP contribution in [0, 0.1) is 6.92 Å². The topological polar surface area (TPSA) is 9.23 Å². The first kappa shape index (κ1) is 10.2. The van der Waals surface area contributed by atoms with Crippen LogP contribution in [0.5, 0.6) is 5.75 Å². The maximum atomic E-state index is 6.06. The summed E-state index contributed by atoms with van der Waals surface area (Å²) < 4.78 is 6.06. The number of ether oxygens (including phenoxy) is 1. The van der Waals surface area contributed by atoms with Crippen LogP contribution in [0.2, 0.25) is 0 Å². The molecule has 0 fully saturated rings. The van der Waals surface area contributed by atoms with Gasteiger partial charge in [0, 0.05) is 5.56 Å². The first-order valence-corrected chi connectivity index (χ1v) is 5.84. The molecule has 1 heteroatoms. The Hall–Kier alpha value is -2.02. The fourth-order valence-corrected chi connectivity index (χ4v) is 2.15. The fourth-order valence-electron chi connectivity index (χ4n) is 2.15. The molecule has 0 radical (unpaired) electrons. The van der Waals surface area contributed by atoms with Crippen LogP contribution in [-0.4, -0.2) is 0 Å². The van der Waals surface area contributed by atoms with Crippen LogP contribution in [0.15, 0.2) is 54.6 Å². The number of rotatable bonds is 1. The normalized spacial score (nSPS) is 17.4. The highest BCUT2D eigenvalue weighted by Crippen LogP contribution is 2.34. The third-order valence-electron chi connectivity index (χ3n) is 3.07. The molecule has 0 amide bonds. The van der Waals surface area contributed by atoms with Crippen molar-refractivity contribution >= 4 is 6.08 Å². The second kappa shape index (κ2) is 4.10. The van der Waals surface area contributed by atoms with E-state index in [-0.39, 0.29) is 6.10 Å². The van der Waals surface area contributed by atoms with Gasteiger partial charge in [0.25, 0.3) is 0 Å². The molecule has 0 spiro atoms. The van der Waals surface area contributed by atoms with Crippen molar-refractivity contribution in [1.82, 2.24) is 0 Å². The van der Waals surface area contributed by atoms with Crippen LogP contribution in [0.4, 0.5) is 0 Å². The highest BCUT2D eigenvalue weighted by molar-refractivity contribution is 5.62. The average molecular weight is 222 g/mol. The Kier molecular flexibility index (Phi) is 2.45. The maximum Gasteiger partial charge on any atom is 0.142 e. The van der Waals surface area contributed by atoms with Gasteiger partial charge in [0.1, 0.15) is 11.9 Å². The fraction of sp³-hybridized carbons (Fsp3) is 0.125. The Balaban J connectivity index is 1.99. The van der Waals surface area contributed by atoms with E-state index in [0.717, 1.165) is 11.3 Å². The number of aryl methyl sites for hydroxylation is 1. The van der Waals surface area contributed by atoms with Gasteiger partial charge in [-0.05, 0) is 24.1 Å². The number of hydrogen-bond acceptors (Lipinski definition) is 1. The zero-order valence-electron chi connectivity index (χ0n) is 9.76. The minimum absolute atomic E-state index is 0.0322. The van der Waals surface area contributed by atoms with E-state index in [4.69, 9.17) is 4.74 Å². The van der Waals surface area contributed by atoms with Crippen LogP contribution in [0.25, 0.3) is 6.08 Å². The number of hydrogen-bond donors (Lipinski definition) is 0. The SMILES string of the molecule is Cc1cccc2c1O[C@@H](c1ccccc1)C=C2. The molecule has 1 aliphatic rings. The average Bonchev–Trinajstić information content (AvgIpc) is 2.40. The molecule has 0 aliphatic carbocycles. The predicted octanol–water partition coefficient (Wildman–Crippen LogP) is 4.14. The Morgan fingerprint density at radius 1 is 0.941 bits per heavy atom. The molecular formula is C16H14O. The van der Waals surface area contributed by atoms with Crippen molar-refractivity contribution in [1.29, 1.82) is 0 Å². The number of benzene rings is 2. The first-order valence-electron chi connectivity index (χ1n) is 5.84. The smallest absolute Gasteiger partial charge is 0.142 e. The summed E-state index contributed by atoms with van der Waals surface area (Å²) in [7, 11) is 0. The quantitative estimate of drug-likeness (QED) is 0.704. The summed E-state index contributed by atoms with van der Waals surface area (Å²) in [5.41, 5.74) is 3.54.